The minimum Gasteiger partial charge on any atom is -0.350 e. The maximum absolute atomic E-state index is 14.5. The first-order valence-corrected chi connectivity index (χ1v) is 7.68. The predicted molar refractivity (Wildman–Crippen MR) is 79.5 cm³/mol. The second-order valence-corrected chi connectivity index (χ2v) is 5.41. The van der Waals surface area contributed by atoms with Crippen LogP contribution >= 0.6 is 0 Å². The van der Waals surface area contributed by atoms with Crippen molar-refractivity contribution in [3.05, 3.63) is 17.8 Å². The summed E-state index contributed by atoms with van der Waals surface area (Å²) in [6, 6.07) is 0.637. The van der Waals surface area contributed by atoms with E-state index >= 15 is 0 Å². The predicted octanol–water partition coefficient (Wildman–Crippen LogP) is 2.54. The summed E-state index contributed by atoms with van der Waals surface area (Å²) in [6.07, 6.45) is 5.47. The van der Waals surface area contributed by atoms with E-state index in [2.05, 4.69) is 34.0 Å². The summed E-state index contributed by atoms with van der Waals surface area (Å²) in [5.41, 5.74) is 0.510. The molecule has 2 rings (SSSR count). The van der Waals surface area contributed by atoms with Crippen LogP contribution in [-0.4, -0.2) is 35.1 Å². The molecule has 1 saturated heterocycles. The van der Waals surface area contributed by atoms with Crippen LogP contribution in [-0.2, 0) is 6.42 Å². The lowest BCUT2D eigenvalue weighted by atomic mass is 9.96. The van der Waals surface area contributed by atoms with Crippen molar-refractivity contribution in [2.24, 2.45) is 0 Å². The zero-order valence-corrected chi connectivity index (χ0v) is 12.7. The van der Waals surface area contributed by atoms with Crippen LogP contribution in [0.1, 0.15) is 45.7 Å². The smallest absolute Gasteiger partial charge is 0.187 e. The van der Waals surface area contributed by atoms with Crippen LogP contribution in [0.25, 0.3) is 0 Å². The van der Waals surface area contributed by atoms with Crippen molar-refractivity contribution < 1.29 is 4.39 Å². The third kappa shape index (κ3) is 3.08. The second-order valence-electron chi connectivity index (χ2n) is 5.41. The van der Waals surface area contributed by atoms with Crippen molar-refractivity contribution in [3.63, 3.8) is 0 Å². The van der Waals surface area contributed by atoms with Gasteiger partial charge in [-0.05, 0) is 39.2 Å². The van der Waals surface area contributed by atoms with Crippen LogP contribution < -0.4 is 10.2 Å². The van der Waals surface area contributed by atoms with Gasteiger partial charge in [0.25, 0.3) is 0 Å². The highest BCUT2D eigenvalue weighted by molar-refractivity contribution is 5.43. The number of hydrogen-bond acceptors (Lipinski definition) is 4. The molecule has 0 spiro atoms. The number of likely N-dealkylation sites (N-methyl/N-ethyl adjacent to an activating group) is 1. The Kier molecular flexibility index (Phi) is 5.29. The molecular weight excluding hydrogens is 255 g/mol. The number of hydrogen-bond donors (Lipinski definition) is 1. The molecule has 2 unspecified atom stereocenters. The van der Waals surface area contributed by atoms with Gasteiger partial charge < -0.3 is 10.2 Å². The highest BCUT2D eigenvalue weighted by Crippen LogP contribution is 2.27. The maximum atomic E-state index is 14.5. The molecule has 0 amide bonds. The van der Waals surface area contributed by atoms with Crippen molar-refractivity contribution >= 4 is 5.82 Å². The number of anilines is 1. The number of aromatic nitrogens is 2. The lowest BCUT2D eigenvalue weighted by Gasteiger charge is -2.40. The van der Waals surface area contributed by atoms with Crippen molar-refractivity contribution in [1.29, 1.82) is 0 Å². The molecule has 0 aromatic carbocycles. The zero-order chi connectivity index (χ0) is 14.5. The Bertz CT molecular complexity index is 438. The Hall–Kier alpha value is -1.23. The maximum Gasteiger partial charge on any atom is 0.187 e. The molecular formula is C15H25FN4. The van der Waals surface area contributed by atoms with Gasteiger partial charge in [0.2, 0.25) is 0 Å². The van der Waals surface area contributed by atoms with Gasteiger partial charge in [0.15, 0.2) is 11.6 Å². The van der Waals surface area contributed by atoms with Gasteiger partial charge in [-0.1, -0.05) is 13.8 Å². The SMILES string of the molecule is CCNC(C)C1CCCCN1c1ncnc(CC)c1F. The highest BCUT2D eigenvalue weighted by Gasteiger charge is 2.30. The molecule has 0 radical (unpaired) electrons. The van der Waals surface area contributed by atoms with Gasteiger partial charge in [0, 0.05) is 18.6 Å². The second kappa shape index (κ2) is 6.97. The van der Waals surface area contributed by atoms with Crippen molar-refractivity contribution in [2.75, 3.05) is 18.0 Å². The lowest BCUT2D eigenvalue weighted by Crippen LogP contribution is -2.51. The van der Waals surface area contributed by atoms with E-state index in [4.69, 9.17) is 0 Å². The van der Waals surface area contributed by atoms with Gasteiger partial charge in [0.05, 0.1) is 5.69 Å². The van der Waals surface area contributed by atoms with E-state index in [9.17, 15) is 4.39 Å². The standard InChI is InChI=1S/C15H25FN4/c1-4-12-14(16)15(19-10-18-12)20-9-7-6-8-13(20)11(3)17-5-2/h10-11,13,17H,4-9H2,1-3H3. The van der Waals surface area contributed by atoms with Crippen LogP contribution in [0.2, 0.25) is 0 Å². The first-order chi connectivity index (χ1) is 9.69. The van der Waals surface area contributed by atoms with Gasteiger partial charge in [-0.2, -0.15) is 0 Å². The summed E-state index contributed by atoms with van der Waals surface area (Å²) in [7, 11) is 0. The summed E-state index contributed by atoms with van der Waals surface area (Å²) in [5.74, 6) is 0.233. The van der Waals surface area contributed by atoms with Crippen molar-refractivity contribution in [1.82, 2.24) is 15.3 Å². The van der Waals surface area contributed by atoms with Gasteiger partial charge in [0.1, 0.15) is 6.33 Å². The van der Waals surface area contributed by atoms with E-state index in [-0.39, 0.29) is 5.82 Å². The molecule has 2 heterocycles. The third-order valence-electron chi connectivity index (χ3n) is 4.10. The number of piperidine rings is 1. The molecule has 4 nitrogen and oxygen atoms in total. The van der Waals surface area contributed by atoms with Crippen LogP contribution in [0.15, 0.2) is 6.33 Å². The molecule has 20 heavy (non-hydrogen) atoms. The highest BCUT2D eigenvalue weighted by atomic mass is 19.1. The minimum atomic E-state index is -0.245. The Morgan fingerprint density at radius 1 is 1.40 bits per heavy atom. The van der Waals surface area contributed by atoms with E-state index in [1.54, 1.807) is 0 Å². The number of rotatable bonds is 5. The molecule has 1 N–H and O–H groups in total. The monoisotopic (exact) mass is 280 g/mol. The van der Waals surface area contributed by atoms with Crippen LogP contribution in [0, 0.1) is 5.82 Å². The molecule has 1 aliphatic rings. The molecule has 1 aliphatic heterocycles. The van der Waals surface area contributed by atoms with Gasteiger partial charge in [-0.25, -0.2) is 14.4 Å². The van der Waals surface area contributed by atoms with Gasteiger partial charge >= 0.3 is 0 Å². The molecule has 1 aromatic heterocycles. The summed E-state index contributed by atoms with van der Waals surface area (Å²) >= 11 is 0. The fourth-order valence-corrected chi connectivity index (χ4v) is 3.04. The van der Waals surface area contributed by atoms with Crippen LogP contribution in [0.3, 0.4) is 0 Å². The molecule has 1 fully saturated rings. The summed E-state index contributed by atoms with van der Waals surface area (Å²) in [5, 5.41) is 3.46. The number of aryl methyl sites for hydroxylation is 1. The number of nitrogens with zero attached hydrogens (tertiary/aromatic N) is 3. The van der Waals surface area contributed by atoms with Crippen molar-refractivity contribution in [3.8, 4) is 0 Å². The van der Waals surface area contributed by atoms with Crippen LogP contribution in [0.5, 0.6) is 0 Å². The summed E-state index contributed by atoms with van der Waals surface area (Å²) in [6.45, 7) is 8.00. The van der Waals surface area contributed by atoms with E-state index in [0.717, 1.165) is 25.9 Å². The zero-order valence-electron chi connectivity index (χ0n) is 12.7. The molecule has 1 aromatic rings. The quantitative estimate of drug-likeness (QED) is 0.900. The Labute approximate surface area is 120 Å². The Morgan fingerprint density at radius 2 is 2.20 bits per heavy atom. The molecule has 112 valence electrons. The average Bonchev–Trinajstić information content (AvgIpc) is 2.48. The fraction of sp³-hybridized carbons (Fsp3) is 0.733. The summed E-state index contributed by atoms with van der Waals surface area (Å²) in [4.78, 5) is 10.4. The van der Waals surface area contributed by atoms with E-state index in [1.807, 2.05) is 6.92 Å². The Morgan fingerprint density at radius 3 is 2.90 bits per heavy atom. The number of nitrogens with one attached hydrogen (secondary N) is 1. The Balaban J connectivity index is 2.28. The molecule has 2 atom stereocenters. The van der Waals surface area contributed by atoms with E-state index in [0.29, 0.717) is 30.0 Å². The topological polar surface area (TPSA) is 41.0 Å². The first-order valence-electron chi connectivity index (χ1n) is 7.68. The average molecular weight is 280 g/mol. The fourth-order valence-electron chi connectivity index (χ4n) is 3.04. The van der Waals surface area contributed by atoms with E-state index < -0.39 is 0 Å². The summed E-state index contributed by atoms with van der Waals surface area (Å²) < 4.78 is 14.5. The van der Waals surface area contributed by atoms with Gasteiger partial charge in [-0.15, -0.1) is 0 Å². The molecule has 0 bridgehead atoms. The molecule has 5 heteroatoms. The largest absolute Gasteiger partial charge is 0.350 e. The number of halogens is 1. The third-order valence-corrected chi connectivity index (χ3v) is 4.10. The minimum absolute atomic E-state index is 0.245. The van der Waals surface area contributed by atoms with Gasteiger partial charge in [-0.3, -0.25) is 0 Å². The van der Waals surface area contributed by atoms with Crippen molar-refractivity contribution in [2.45, 2.75) is 58.5 Å². The molecule has 0 saturated carbocycles. The first kappa shape index (κ1) is 15.2. The normalized spacial score (nSPS) is 21.0. The van der Waals surface area contributed by atoms with Crippen LogP contribution in [0.4, 0.5) is 10.2 Å². The molecule has 0 aliphatic carbocycles. The van der Waals surface area contributed by atoms with E-state index in [1.165, 1.54) is 12.7 Å². The lowest BCUT2D eigenvalue weighted by molar-refractivity contribution is 0.366.